The molecule has 0 aliphatic carbocycles. The van der Waals surface area contributed by atoms with E-state index in [4.69, 9.17) is 14.5 Å². The summed E-state index contributed by atoms with van der Waals surface area (Å²) in [4.78, 5) is 4.73. The number of aromatic nitrogens is 1. The topological polar surface area (TPSA) is 51.6 Å². The summed E-state index contributed by atoms with van der Waals surface area (Å²) in [5.74, 6) is 0.956. The molecule has 5 heteroatoms. The minimum Gasteiger partial charge on any atom is -0.508 e. The van der Waals surface area contributed by atoms with Crippen LogP contribution in [0.5, 0.6) is 5.75 Å². The number of benzene rings is 2. The van der Waals surface area contributed by atoms with E-state index in [1.807, 2.05) is 30.4 Å². The first-order valence-corrected chi connectivity index (χ1v) is 9.23. The second-order valence-corrected chi connectivity index (χ2v) is 6.78. The molecule has 26 heavy (non-hydrogen) atoms. The Morgan fingerprint density at radius 2 is 1.62 bits per heavy atom. The molecular weight excluding hydrogens is 346 g/mol. The van der Waals surface area contributed by atoms with Gasteiger partial charge in [0.05, 0.1) is 16.3 Å². The Bertz CT molecular complexity index is 889. The third-order valence-electron chi connectivity index (χ3n) is 3.95. The minimum absolute atomic E-state index is 0.239. The lowest BCUT2D eigenvalue weighted by Crippen LogP contribution is -2.15. The maximum atomic E-state index is 9.35. The second-order valence-electron chi connectivity index (χ2n) is 5.74. The number of nitrogens with zero attached hydrogens (tertiary/aromatic N) is 1. The fraction of sp³-hybridized carbons (Fsp3) is 0.190. The van der Waals surface area contributed by atoms with Gasteiger partial charge in [-0.2, -0.15) is 0 Å². The highest BCUT2D eigenvalue weighted by Crippen LogP contribution is 2.23. The van der Waals surface area contributed by atoms with Crippen molar-refractivity contribution in [1.29, 1.82) is 0 Å². The molecule has 0 spiro atoms. The van der Waals surface area contributed by atoms with E-state index in [1.54, 1.807) is 38.1 Å². The van der Waals surface area contributed by atoms with Crippen molar-refractivity contribution in [1.82, 2.24) is 4.98 Å². The lowest BCUT2D eigenvalue weighted by molar-refractivity contribution is -0.0842. The fourth-order valence-corrected chi connectivity index (χ4v) is 3.37. The zero-order valence-corrected chi connectivity index (χ0v) is 15.6. The molecule has 0 aliphatic rings. The van der Waals surface area contributed by atoms with Crippen molar-refractivity contribution < 1.29 is 14.6 Å². The molecule has 0 amide bonds. The van der Waals surface area contributed by atoms with Crippen LogP contribution in [0.15, 0.2) is 59.6 Å². The standard InChI is InChI=1S/C21H21NO3S/c1-24-21(25-2)14-26-20-12-9-17-8-5-16(13-19(17)22-20)4-3-15-6-10-18(23)11-7-15/h3-13,21,23H,14H2,1-2H3. The molecule has 1 heterocycles. The summed E-state index contributed by atoms with van der Waals surface area (Å²) in [5, 5.41) is 11.4. The van der Waals surface area contributed by atoms with Crippen LogP contribution >= 0.6 is 11.8 Å². The highest BCUT2D eigenvalue weighted by molar-refractivity contribution is 7.99. The van der Waals surface area contributed by atoms with Crippen LogP contribution in [-0.2, 0) is 9.47 Å². The van der Waals surface area contributed by atoms with Gasteiger partial charge in [-0.15, -0.1) is 11.8 Å². The van der Waals surface area contributed by atoms with Crippen LogP contribution in [0, 0.1) is 0 Å². The quantitative estimate of drug-likeness (QED) is 0.368. The molecule has 0 atom stereocenters. The van der Waals surface area contributed by atoms with E-state index < -0.39 is 0 Å². The van der Waals surface area contributed by atoms with Crippen molar-refractivity contribution in [2.75, 3.05) is 20.0 Å². The van der Waals surface area contributed by atoms with Gasteiger partial charge in [0.2, 0.25) is 0 Å². The van der Waals surface area contributed by atoms with Crippen LogP contribution in [0.4, 0.5) is 0 Å². The average Bonchev–Trinajstić information content (AvgIpc) is 2.68. The van der Waals surface area contributed by atoms with E-state index in [0.29, 0.717) is 5.75 Å². The van der Waals surface area contributed by atoms with Crippen molar-refractivity contribution in [3.63, 3.8) is 0 Å². The molecule has 3 rings (SSSR count). The third-order valence-corrected chi connectivity index (χ3v) is 4.91. The van der Waals surface area contributed by atoms with Gasteiger partial charge in [-0.05, 0) is 35.4 Å². The number of pyridine rings is 1. The summed E-state index contributed by atoms with van der Waals surface area (Å²) >= 11 is 1.61. The van der Waals surface area contributed by atoms with E-state index in [-0.39, 0.29) is 12.0 Å². The number of fused-ring (bicyclic) bond motifs is 1. The molecule has 0 saturated carbocycles. The Labute approximate surface area is 157 Å². The Hall–Kier alpha value is -2.34. The number of rotatable bonds is 7. The largest absolute Gasteiger partial charge is 0.508 e. The Morgan fingerprint density at radius 1 is 0.962 bits per heavy atom. The van der Waals surface area contributed by atoms with Gasteiger partial charge in [0.25, 0.3) is 0 Å². The highest BCUT2D eigenvalue weighted by atomic mass is 32.2. The summed E-state index contributed by atoms with van der Waals surface area (Å²) in [7, 11) is 3.27. The molecule has 134 valence electrons. The van der Waals surface area contributed by atoms with Gasteiger partial charge < -0.3 is 14.6 Å². The molecule has 3 aromatic rings. The number of methoxy groups -OCH3 is 2. The average molecular weight is 367 g/mol. The van der Waals surface area contributed by atoms with Crippen LogP contribution in [0.3, 0.4) is 0 Å². The lowest BCUT2D eigenvalue weighted by Gasteiger charge is -2.12. The smallest absolute Gasteiger partial charge is 0.166 e. The number of hydrogen-bond acceptors (Lipinski definition) is 5. The van der Waals surface area contributed by atoms with E-state index in [2.05, 4.69) is 24.3 Å². The van der Waals surface area contributed by atoms with Gasteiger partial charge >= 0.3 is 0 Å². The molecule has 0 fully saturated rings. The van der Waals surface area contributed by atoms with Crippen LogP contribution in [0.25, 0.3) is 23.1 Å². The van der Waals surface area contributed by atoms with Crippen LogP contribution < -0.4 is 0 Å². The van der Waals surface area contributed by atoms with Crippen LogP contribution in [-0.4, -0.2) is 36.4 Å². The summed E-state index contributed by atoms with van der Waals surface area (Å²) < 4.78 is 10.4. The Morgan fingerprint density at radius 3 is 2.35 bits per heavy atom. The molecule has 0 aliphatic heterocycles. The van der Waals surface area contributed by atoms with Crippen LogP contribution in [0.1, 0.15) is 11.1 Å². The first kappa shape index (κ1) is 18.5. The minimum atomic E-state index is -0.239. The van der Waals surface area contributed by atoms with Gasteiger partial charge in [-0.25, -0.2) is 4.98 Å². The molecule has 1 N–H and O–H groups in total. The fourth-order valence-electron chi connectivity index (χ4n) is 2.46. The molecule has 0 unspecified atom stereocenters. The number of hydrogen-bond donors (Lipinski definition) is 1. The van der Waals surface area contributed by atoms with Gasteiger partial charge in [-0.3, -0.25) is 0 Å². The van der Waals surface area contributed by atoms with Gasteiger partial charge in [-0.1, -0.05) is 42.5 Å². The van der Waals surface area contributed by atoms with Gasteiger partial charge in [0, 0.05) is 19.6 Å². The molecule has 1 aromatic heterocycles. The zero-order valence-electron chi connectivity index (χ0n) is 14.8. The monoisotopic (exact) mass is 367 g/mol. The number of thioether (sulfide) groups is 1. The predicted molar refractivity (Wildman–Crippen MR) is 107 cm³/mol. The number of phenolic OH excluding ortho intramolecular Hbond substituents is 1. The van der Waals surface area contributed by atoms with Crippen molar-refractivity contribution in [3.8, 4) is 5.75 Å². The molecule has 0 bridgehead atoms. The van der Waals surface area contributed by atoms with Crippen molar-refractivity contribution in [2.45, 2.75) is 11.3 Å². The first-order valence-electron chi connectivity index (χ1n) is 8.24. The number of phenols is 1. The third kappa shape index (κ3) is 4.85. The van der Waals surface area contributed by atoms with E-state index in [9.17, 15) is 5.11 Å². The summed E-state index contributed by atoms with van der Waals surface area (Å²) in [6.07, 6.45) is 3.82. The molecule has 0 saturated heterocycles. The van der Waals surface area contributed by atoms with E-state index in [1.165, 1.54) is 0 Å². The predicted octanol–water partition coefficient (Wildman–Crippen LogP) is 4.82. The van der Waals surface area contributed by atoms with Crippen LogP contribution in [0.2, 0.25) is 0 Å². The van der Waals surface area contributed by atoms with Gasteiger partial charge in [0.15, 0.2) is 6.29 Å². The van der Waals surface area contributed by atoms with Crippen molar-refractivity contribution in [3.05, 3.63) is 65.7 Å². The maximum Gasteiger partial charge on any atom is 0.166 e. The summed E-state index contributed by atoms with van der Waals surface area (Å²) in [6.45, 7) is 0. The van der Waals surface area contributed by atoms with Gasteiger partial charge in [0.1, 0.15) is 5.75 Å². The normalized spacial score (nSPS) is 11.7. The molecular formula is C21H21NO3S. The summed E-state index contributed by atoms with van der Waals surface area (Å²) in [6, 6.07) is 17.4. The highest BCUT2D eigenvalue weighted by Gasteiger charge is 2.07. The Balaban J connectivity index is 1.77. The van der Waals surface area contributed by atoms with E-state index >= 15 is 0 Å². The molecule has 4 nitrogen and oxygen atoms in total. The maximum absolute atomic E-state index is 9.35. The summed E-state index contributed by atoms with van der Waals surface area (Å²) in [5.41, 5.74) is 3.06. The number of ether oxygens (including phenoxy) is 2. The Kier molecular flexibility index (Phi) is 6.28. The zero-order chi connectivity index (χ0) is 18.4. The van der Waals surface area contributed by atoms with Crippen molar-refractivity contribution in [2.24, 2.45) is 0 Å². The van der Waals surface area contributed by atoms with E-state index in [0.717, 1.165) is 27.1 Å². The first-order chi connectivity index (χ1) is 12.7. The molecule has 0 radical (unpaired) electrons. The molecule has 2 aromatic carbocycles. The SMILES string of the molecule is COC(CSc1ccc2ccc(C=Cc3ccc(O)cc3)cc2n1)OC. The van der Waals surface area contributed by atoms with Crippen molar-refractivity contribution >= 4 is 34.8 Å². The lowest BCUT2D eigenvalue weighted by atomic mass is 10.1. The second kappa shape index (κ2) is 8.85. The number of aromatic hydroxyl groups is 1.